The first-order chi connectivity index (χ1) is 30.7. The molecule has 4 nitrogen and oxygen atoms in total. The summed E-state index contributed by atoms with van der Waals surface area (Å²) in [6.45, 7) is 0. The average Bonchev–Trinajstić information content (AvgIpc) is 3.96. The topological polar surface area (TPSA) is 43.6 Å². The van der Waals surface area contributed by atoms with Gasteiger partial charge < -0.3 is 0 Å². The Balaban J connectivity index is 0.982. The van der Waals surface area contributed by atoms with Gasteiger partial charge in [0.15, 0.2) is 11.6 Å². The Morgan fingerprint density at radius 2 is 0.774 bits per heavy atom. The van der Waals surface area contributed by atoms with E-state index in [2.05, 4.69) is 199 Å². The van der Waals surface area contributed by atoms with Crippen LogP contribution < -0.4 is 0 Å². The Labute approximate surface area is 359 Å². The molecule has 2 aliphatic rings. The van der Waals surface area contributed by atoms with E-state index in [1.54, 1.807) is 0 Å². The van der Waals surface area contributed by atoms with Gasteiger partial charge in [0.05, 0.1) is 16.4 Å². The van der Waals surface area contributed by atoms with Crippen molar-refractivity contribution in [2.45, 2.75) is 5.41 Å². The minimum atomic E-state index is -0.361. The van der Waals surface area contributed by atoms with Gasteiger partial charge in [-0.15, -0.1) is 0 Å². The monoisotopic (exact) mass is 788 g/mol. The minimum absolute atomic E-state index is 0.361. The van der Waals surface area contributed by atoms with Crippen molar-refractivity contribution in [2.75, 3.05) is 0 Å². The summed E-state index contributed by atoms with van der Waals surface area (Å²) >= 11 is 0. The van der Waals surface area contributed by atoms with Crippen molar-refractivity contribution in [2.24, 2.45) is 0 Å². The minimum Gasteiger partial charge on any atom is -0.278 e. The maximum atomic E-state index is 5.26. The zero-order valence-corrected chi connectivity index (χ0v) is 33.6. The van der Waals surface area contributed by atoms with Gasteiger partial charge >= 0.3 is 0 Å². The molecule has 0 unspecified atom stereocenters. The molecule has 2 aromatic heterocycles. The Morgan fingerprint density at radius 1 is 0.290 bits per heavy atom. The molecule has 0 radical (unpaired) electrons. The second-order valence-corrected chi connectivity index (χ2v) is 16.3. The molecule has 4 heteroatoms. The van der Waals surface area contributed by atoms with E-state index < -0.39 is 0 Å². The fourth-order valence-corrected chi connectivity index (χ4v) is 10.4. The van der Waals surface area contributed by atoms with Crippen LogP contribution in [0.25, 0.3) is 95.0 Å². The van der Waals surface area contributed by atoms with Crippen LogP contribution in [-0.4, -0.2) is 19.5 Å². The van der Waals surface area contributed by atoms with Crippen LogP contribution in [0.3, 0.4) is 0 Å². The predicted molar refractivity (Wildman–Crippen MR) is 252 cm³/mol. The summed E-state index contributed by atoms with van der Waals surface area (Å²) in [5.41, 5.74) is 18.8. The van der Waals surface area contributed by atoms with Crippen LogP contribution in [0.4, 0.5) is 0 Å². The molecule has 13 rings (SSSR count). The van der Waals surface area contributed by atoms with E-state index in [0.29, 0.717) is 17.6 Å². The molecule has 0 bridgehead atoms. The van der Waals surface area contributed by atoms with Gasteiger partial charge in [0.1, 0.15) is 0 Å². The maximum absolute atomic E-state index is 5.26. The highest BCUT2D eigenvalue weighted by molar-refractivity contribution is 6.10. The largest absolute Gasteiger partial charge is 0.278 e. The van der Waals surface area contributed by atoms with Gasteiger partial charge in [-0.25, -0.2) is 4.98 Å². The first kappa shape index (κ1) is 34.6. The van der Waals surface area contributed by atoms with E-state index in [1.807, 2.05) is 24.3 Å². The van der Waals surface area contributed by atoms with Crippen LogP contribution in [0, 0.1) is 0 Å². The van der Waals surface area contributed by atoms with E-state index in [1.165, 1.54) is 50.1 Å². The first-order valence-corrected chi connectivity index (χ1v) is 21.2. The van der Waals surface area contributed by atoms with Gasteiger partial charge in [-0.2, -0.15) is 9.97 Å². The lowest BCUT2D eigenvalue weighted by molar-refractivity contribution is 0.794. The second-order valence-electron chi connectivity index (χ2n) is 16.3. The molecule has 0 fully saturated rings. The van der Waals surface area contributed by atoms with E-state index in [-0.39, 0.29) is 5.41 Å². The van der Waals surface area contributed by atoms with Crippen LogP contribution in [0.1, 0.15) is 22.3 Å². The molecule has 288 valence electrons. The van der Waals surface area contributed by atoms with Crippen molar-refractivity contribution in [1.29, 1.82) is 0 Å². The molecule has 0 atom stereocenters. The van der Waals surface area contributed by atoms with Crippen molar-refractivity contribution < 1.29 is 0 Å². The Morgan fingerprint density at radius 3 is 1.48 bits per heavy atom. The highest BCUT2D eigenvalue weighted by Gasteiger charge is 2.51. The number of rotatable bonds is 5. The zero-order chi connectivity index (χ0) is 40.8. The van der Waals surface area contributed by atoms with Gasteiger partial charge in [0, 0.05) is 21.9 Å². The van der Waals surface area contributed by atoms with Crippen molar-refractivity contribution in [1.82, 2.24) is 19.5 Å². The third-order valence-corrected chi connectivity index (χ3v) is 13.1. The van der Waals surface area contributed by atoms with Crippen molar-refractivity contribution in [3.8, 4) is 73.2 Å². The number of para-hydroxylation sites is 1. The van der Waals surface area contributed by atoms with Crippen molar-refractivity contribution >= 4 is 21.8 Å². The summed E-state index contributed by atoms with van der Waals surface area (Å²) in [4.78, 5) is 15.5. The molecule has 0 N–H and O–H groups in total. The van der Waals surface area contributed by atoms with Crippen LogP contribution in [0.2, 0.25) is 0 Å². The number of benzene rings is 9. The maximum Gasteiger partial charge on any atom is 0.238 e. The van der Waals surface area contributed by atoms with Gasteiger partial charge in [0.2, 0.25) is 5.95 Å². The number of fused-ring (bicyclic) bond motifs is 13. The molecule has 2 heterocycles. The smallest absolute Gasteiger partial charge is 0.238 e. The van der Waals surface area contributed by atoms with Gasteiger partial charge in [-0.3, -0.25) is 4.57 Å². The molecule has 62 heavy (non-hydrogen) atoms. The van der Waals surface area contributed by atoms with Crippen LogP contribution in [0.15, 0.2) is 218 Å². The molecule has 0 saturated heterocycles. The number of nitrogens with zero attached hydrogens (tertiary/aromatic N) is 4. The normalized spacial score (nSPS) is 13.0. The second kappa shape index (κ2) is 13.4. The molecule has 11 aromatic rings. The molecular formula is C58H36N4. The predicted octanol–water partition coefficient (Wildman–Crippen LogP) is 14.0. The molecule has 9 aromatic carbocycles. The Hall–Kier alpha value is -8.21. The Kier molecular flexibility index (Phi) is 7.49. The summed E-state index contributed by atoms with van der Waals surface area (Å²) in [6, 6.07) is 78.6. The van der Waals surface area contributed by atoms with Crippen LogP contribution in [0.5, 0.6) is 0 Å². The highest BCUT2D eigenvalue weighted by Crippen LogP contribution is 2.63. The lowest BCUT2D eigenvalue weighted by Gasteiger charge is -2.30. The summed E-state index contributed by atoms with van der Waals surface area (Å²) in [5, 5.41) is 2.28. The third-order valence-electron chi connectivity index (χ3n) is 13.1. The summed E-state index contributed by atoms with van der Waals surface area (Å²) in [6.07, 6.45) is 0. The molecular weight excluding hydrogens is 753 g/mol. The first-order valence-electron chi connectivity index (χ1n) is 21.2. The lowest BCUT2D eigenvalue weighted by atomic mass is 9.70. The molecule has 0 amide bonds. The molecule has 1 spiro atoms. The molecule has 0 aliphatic heterocycles. The highest BCUT2D eigenvalue weighted by atomic mass is 15.2. The van der Waals surface area contributed by atoms with E-state index >= 15 is 0 Å². The van der Waals surface area contributed by atoms with Gasteiger partial charge in [-0.1, -0.05) is 188 Å². The van der Waals surface area contributed by atoms with E-state index in [4.69, 9.17) is 15.0 Å². The van der Waals surface area contributed by atoms with Crippen molar-refractivity contribution in [3.05, 3.63) is 241 Å². The third kappa shape index (κ3) is 4.98. The molecule has 2 aliphatic carbocycles. The number of hydrogen-bond acceptors (Lipinski definition) is 3. The van der Waals surface area contributed by atoms with Gasteiger partial charge in [0.25, 0.3) is 0 Å². The van der Waals surface area contributed by atoms with E-state index in [0.717, 1.165) is 49.6 Å². The summed E-state index contributed by atoms with van der Waals surface area (Å²) < 4.78 is 2.20. The summed E-state index contributed by atoms with van der Waals surface area (Å²) in [5.74, 6) is 1.83. The van der Waals surface area contributed by atoms with Crippen LogP contribution >= 0.6 is 0 Å². The van der Waals surface area contributed by atoms with Crippen molar-refractivity contribution in [3.63, 3.8) is 0 Å². The average molecular weight is 789 g/mol. The fraction of sp³-hybridized carbons (Fsp3) is 0.0172. The van der Waals surface area contributed by atoms with E-state index in [9.17, 15) is 0 Å². The lowest BCUT2D eigenvalue weighted by Crippen LogP contribution is -2.25. The number of aromatic nitrogens is 4. The summed E-state index contributed by atoms with van der Waals surface area (Å²) in [7, 11) is 0. The Bertz CT molecular complexity index is 3540. The quantitative estimate of drug-likeness (QED) is 0.174. The number of hydrogen-bond donors (Lipinski definition) is 0. The molecule has 0 saturated carbocycles. The van der Waals surface area contributed by atoms with Gasteiger partial charge in [-0.05, 0) is 97.1 Å². The van der Waals surface area contributed by atoms with Crippen LogP contribution in [-0.2, 0) is 5.41 Å². The SMILES string of the molecule is c1ccc(-c2cccc(-c3nc(-c4ccccc4)nc(-n4c5ccccc5c5cc(-c6ccc7c(c6)-c6ccccc6C76c7ccccc7-c7ccccc76)ccc54)n3)c2)cc1. The zero-order valence-electron chi connectivity index (χ0n) is 33.6. The standard InChI is InChI=1S/C58H36N4/c1-3-16-37(17-4-1)39-20-15-21-42(34-39)56-59-55(38-18-5-2-6-19-38)60-57(61-56)62-53-29-14-10-25-46(53)48-36-41(31-33-54(48)62)40-30-32-52-47(35-40)45-24-9-13-28-51(45)58(52)49-26-11-7-22-43(49)44-23-8-12-27-50(44)58/h1-36H. The fourth-order valence-electron chi connectivity index (χ4n) is 10.4.